The standard InChI is InChI=1S/C16H24N2O2/c1-12(2)10-15(11-19)18-13(3)14-4-6-16(7-5-14)20-9-8-17/h4-7,12-13,15,18-19H,9-11H2,1-3H3. The molecule has 20 heavy (non-hydrogen) atoms. The van der Waals surface area contributed by atoms with Gasteiger partial charge in [0.1, 0.15) is 11.8 Å². The molecule has 0 heterocycles. The smallest absolute Gasteiger partial charge is 0.174 e. The molecule has 0 aliphatic carbocycles. The molecule has 4 heteroatoms. The van der Waals surface area contributed by atoms with Crippen molar-refractivity contribution in [2.45, 2.75) is 39.3 Å². The summed E-state index contributed by atoms with van der Waals surface area (Å²) in [5.74, 6) is 1.25. The Hall–Kier alpha value is -1.57. The van der Waals surface area contributed by atoms with Crippen LogP contribution in [0.1, 0.15) is 38.8 Å². The summed E-state index contributed by atoms with van der Waals surface area (Å²) in [7, 11) is 0. The van der Waals surface area contributed by atoms with E-state index < -0.39 is 0 Å². The van der Waals surface area contributed by atoms with Gasteiger partial charge in [0, 0.05) is 12.1 Å². The van der Waals surface area contributed by atoms with Crippen molar-refractivity contribution in [3.8, 4) is 11.8 Å². The van der Waals surface area contributed by atoms with Crippen LogP contribution in [0, 0.1) is 17.2 Å². The van der Waals surface area contributed by atoms with Crippen LogP contribution in [-0.4, -0.2) is 24.4 Å². The Morgan fingerprint density at radius 1 is 1.25 bits per heavy atom. The summed E-state index contributed by atoms with van der Waals surface area (Å²) in [6.45, 7) is 6.58. The van der Waals surface area contributed by atoms with Crippen molar-refractivity contribution < 1.29 is 9.84 Å². The predicted octanol–water partition coefficient (Wildman–Crippen LogP) is 2.65. The maximum atomic E-state index is 9.40. The molecule has 2 atom stereocenters. The van der Waals surface area contributed by atoms with Crippen LogP contribution in [-0.2, 0) is 0 Å². The van der Waals surface area contributed by atoms with Crippen LogP contribution in [0.4, 0.5) is 0 Å². The number of nitriles is 1. The van der Waals surface area contributed by atoms with E-state index in [1.54, 1.807) is 0 Å². The van der Waals surface area contributed by atoms with Gasteiger partial charge < -0.3 is 15.2 Å². The molecule has 0 bridgehead atoms. The van der Waals surface area contributed by atoms with Crippen LogP contribution in [0.25, 0.3) is 0 Å². The molecule has 0 saturated carbocycles. The van der Waals surface area contributed by atoms with E-state index in [-0.39, 0.29) is 25.3 Å². The van der Waals surface area contributed by atoms with Gasteiger partial charge in [0.05, 0.1) is 6.61 Å². The fourth-order valence-corrected chi connectivity index (χ4v) is 2.18. The van der Waals surface area contributed by atoms with Gasteiger partial charge in [-0.15, -0.1) is 0 Å². The van der Waals surface area contributed by atoms with Crippen molar-refractivity contribution in [1.29, 1.82) is 5.26 Å². The van der Waals surface area contributed by atoms with Crippen LogP contribution in [0.5, 0.6) is 5.75 Å². The first-order valence-corrected chi connectivity index (χ1v) is 7.03. The number of rotatable bonds is 8. The number of benzene rings is 1. The molecule has 1 aromatic rings. The molecular formula is C16H24N2O2. The lowest BCUT2D eigenvalue weighted by molar-refractivity contribution is 0.215. The number of nitrogens with one attached hydrogen (secondary N) is 1. The number of ether oxygens (including phenoxy) is 1. The average molecular weight is 276 g/mol. The van der Waals surface area contributed by atoms with E-state index >= 15 is 0 Å². The molecule has 2 N–H and O–H groups in total. The Bertz CT molecular complexity index is 423. The number of aliphatic hydroxyl groups excluding tert-OH is 1. The Labute approximate surface area is 121 Å². The second kappa shape index (κ2) is 8.57. The molecule has 0 amide bonds. The zero-order valence-corrected chi connectivity index (χ0v) is 12.5. The SMILES string of the molecule is CC(C)CC(CO)NC(C)c1ccc(OCC#N)cc1. The number of hydrogen-bond acceptors (Lipinski definition) is 4. The fraction of sp³-hybridized carbons (Fsp3) is 0.562. The van der Waals surface area contributed by atoms with Gasteiger partial charge in [-0.25, -0.2) is 0 Å². The third-order valence-electron chi connectivity index (χ3n) is 3.15. The summed E-state index contributed by atoms with van der Waals surface area (Å²) < 4.78 is 5.22. The topological polar surface area (TPSA) is 65.3 Å². The van der Waals surface area contributed by atoms with Crippen LogP contribution in [0.15, 0.2) is 24.3 Å². The Kier molecular flexibility index (Phi) is 7.06. The van der Waals surface area contributed by atoms with E-state index in [9.17, 15) is 5.11 Å². The second-order valence-corrected chi connectivity index (χ2v) is 5.41. The van der Waals surface area contributed by atoms with Gasteiger partial charge in [0.25, 0.3) is 0 Å². The van der Waals surface area contributed by atoms with E-state index in [1.807, 2.05) is 30.3 Å². The molecule has 0 radical (unpaired) electrons. The largest absolute Gasteiger partial charge is 0.479 e. The number of aliphatic hydroxyl groups is 1. The third-order valence-corrected chi connectivity index (χ3v) is 3.15. The van der Waals surface area contributed by atoms with Crippen LogP contribution >= 0.6 is 0 Å². The molecule has 4 nitrogen and oxygen atoms in total. The molecule has 0 aromatic heterocycles. The number of nitrogens with zero attached hydrogens (tertiary/aromatic N) is 1. The molecule has 0 spiro atoms. The maximum Gasteiger partial charge on any atom is 0.174 e. The van der Waals surface area contributed by atoms with Crippen LogP contribution < -0.4 is 10.1 Å². The summed E-state index contributed by atoms with van der Waals surface area (Å²) in [6.07, 6.45) is 0.949. The molecule has 2 unspecified atom stereocenters. The first kappa shape index (κ1) is 16.5. The molecule has 110 valence electrons. The van der Waals surface area contributed by atoms with E-state index in [0.29, 0.717) is 11.7 Å². The van der Waals surface area contributed by atoms with Gasteiger partial charge in [0.2, 0.25) is 0 Å². The minimum Gasteiger partial charge on any atom is -0.479 e. The maximum absolute atomic E-state index is 9.40. The minimum atomic E-state index is 0.0636. The monoisotopic (exact) mass is 276 g/mol. The van der Waals surface area contributed by atoms with Gasteiger partial charge in [0.15, 0.2) is 6.61 Å². The van der Waals surface area contributed by atoms with Gasteiger partial charge in [-0.1, -0.05) is 26.0 Å². The first-order chi connectivity index (χ1) is 9.56. The Morgan fingerprint density at radius 2 is 1.90 bits per heavy atom. The summed E-state index contributed by atoms with van der Waals surface area (Å²) in [5, 5.41) is 21.3. The predicted molar refractivity (Wildman–Crippen MR) is 79.4 cm³/mol. The molecule has 0 aliphatic heterocycles. The van der Waals surface area contributed by atoms with E-state index in [0.717, 1.165) is 12.0 Å². The van der Waals surface area contributed by atoms with Crippen molar-refractivity contribution in [2.75, 3.05) is 13.2 Å². The molecule has 1 rings (SSSR count). The van der Waals surface area contributed by atoms with Gasteiger partial charge in [-0.3, -0.25) is 0 Å². The van der Waals surface area contributed by atoms with Crippen molar-refractivity contribution in [2.24, 2.45) is 5.92 Å². The molecule has 1 aromatic carbocycles. The summed E-state index contributed by atoms with van der Waals surface area (Å²) in [5.41, 5.74) is 1.14. The fourth-order valence-electron chi connectivity index (χ4n) is 2.18. The Morgan fingerprint density at radius 3 is 2.40 bits per heavy atom. The lowest BCUT2D eigenvalue weighted by Gasteiger charge is -2.23. The average Bonchev–Trinajstić information content (AvgIpc) is 2.44. The quantitative estimate of drug-likeness (QED) is 0.766. The summed E-state index contributed by atoms with van der Waals surface area (Å²) in [6, 6.07) is 9.90. The number of hydrogen-bond donors (Lipinski definition) is 2. The van der Waals surface area contributed by atoms with Crippen molar-refractivity contribution in [1.82, 2.24) is 5.32 Å². The summed E-state index contributed by atoms with van der Waals surface area (Å²) >= 11 is 0. The first-order valence-electron chi connectivity index (χ1n) is 7.03. The zero-order valence-electron chi connectivity index (χ0n) is 12.5. The zero-order chi connectivity index (χ0) is 15.0. The Balaban J connectivity index is 2.58. The van der Waals surface area contributed by atoms with Gasteiger partial charge in [-0.2, -0.15) is 5.26 Å². The molecule has 0 aliphatic rings. The molecule has 0 fully saturated rings. The van der Waals surface area contributed by atoms with Gasteiger partial charge in [-0.05, 0) is 37.0 Å². The van der Waals surface area contributed by atoms with Crippen molar-refractivity contribution >= 4 is 0 Å². The van der Waals surface area contributed by atoms with Gasteiger partial charge >= 0.3 is 0 Å². The van der Waals surface area contributed by atoms with Crippen molar-refractivity contribution in [3.63, 3.8) is 0 Å². The van der Waals surface area contributed by atoms with E-state index in [1.165, 1.54) is 0 Å². The van der Waals surface area contributed by atoms with Crippen molar-refractivity contribution in [3.05, 3.63) is 29.8 Å². The molecule has 0 saturated heterocycles. The van der Waals surface area contributed by atoms with Crippen LogP contribution in [0.2, 0.25) is 0 Å². The highest BCUT2D eigenvalue weighted by molar-refractivity contribution is 5.29. The van der Waals surface area contributed by atoms with E-state index in [2.05, 4.69) is 26.1 Å². The van der Waals surface area contributed by atoms with E-state index in [4.69, 9.17) is 10.00 Å². The highest BCUT2D eigenvalue weighted by atomic mass is 16.5. The lowest BCUT2D eigenvalue weighted by Crippen LogP contribution is -2.35. The highest BCUT2D eigenvalue weighted by Gasteiger charge is 2.14. The highest BCUT2D eigenvalue weighted by Crippen LogP contribution is 2.19. The minimum absolute atomic E-state index is 0.0636. The lowest BCUT2D eigenvalue weighted by atomic mass is 10.0. The van der Waals surface area contributed by atoms with Crippen LogP contribution in [0.3, 0.4) is 0 Å². The normalized spacial score (nSPS) is 13.8. The third kappa shape index (κ3) is 5.60. The second-order valence-electron chi connectivity index (χ2n) is 5.41. The summed E-state index contributed by atoms with van der Waals surface area (Å²) in [4.78, 5) is 0. The molecular weight excluding hydrogens is 252 g/mol.